The average Bonchev–Trinajstić information content (AvgIpc) is 2.50. The fourth-order valence-corrected chi connectivity index (χ4v) is 2.12. The van der Waals surface area contributed by atoms with Crippen LogP contribution in [0.1, 0.15) is 13.8 Å². The Kier molecular flexibility index (Phi) is 4.19. The summed E-state index contributed by atoms with van der Waals surface area (Å²) in [5.74, 6) is 0.300. The van der Waals surface area contributed by atoms with Crippen LogP contribution in [0, 0.1) is 0 Å². The maximum absolute atomic E-state index is 9.32. The van der Waals surface area contributed by atoms with E-state index in [1.807, 2.05) is 38.1 Å². The normalized spacial score (nSPS) is 9.79. The summed E-state index contributed by atoms with van der Waals surface area (Å²) in [5, 5.41) is 11.8. The van der Waals surface area contributed by atoms with Crippen LogP contribution in [-0.4, -0.2) is 5.11 Å². The molecule has 0 aliphatic carbocycles. The van der Waals surface area contributed by atoms with Crippen LogP contribution < -0.4 is 0 Å². The molecule has 0 amide bonds. The first-order valence-electron chi connectivity index (χ1n) is 6.62. The van der Waals surface area contributed by atoms with Crippen molar-refractivity contribution in [1.29, 1.82) is 0 Å². The Bertz CT molecular complexity index is 649. The molecule has 1 N–H and O–H groups in total. The van der Waals surface area contributed by atoms with E-state index in [1.165, 1.54) is 16.3 Å². The molecule has 0 radical (unpaired) electrons. The molecule has 0 saturated heterocycles. The highest BCUT2D eigenvalue weighted by Crippen LogP contribution is 2.29. The topological polar surface area (TPSA) is 20.2 Å². The van der Waals surface area contributed by atoms with Gasteiger partial charge in [0.2, 0.25) is 0 Å². The maximum atomic E-state index is 9.32. The third-order valence-electron chi connectivity index (χ3n) is 2.97. The molecule has 0 heterocycles. The van der Waals surface area contributed by atoms with E-state index in [9.17, 15) is 5.11 Å². The van der Waals surface area contributed by atoms with Gasteiger partial charge in [0.05, 0.1) is 0 Å². The molecular formula is C18H18O. The standard InChI is InChI=1S/C16H12O.C2H6/c17-14-10-8-13(9-11-14)16-7-3-5-12-4-1-2-6-15(12)16;1-2/h1-11,17H;1-2H3. The van der Waals surface area contributed by atoms with Gasteiger partial charge in [-0.1, -0.05) is 68.4 Å². The van der Waals surface area contributed by atoms with E-state index in [-0.39, 0.29) is 0 Å². The second kappa shape index (κ2) is 6.05. The predicted molar refractivity (Wildman–Crippen MR) is 82.4 cm³/mol. The Labute approximate surface area is 114 Å². The first-order chi connectivity index (χ1) is 9.34. The lowest BCUT2D eigenvalue weighted by Crippen LogP contribution is -1.80. The molecule has 0 atom stereocenters. The minimum atomic E-state index is 0.300. The Balaban J connectivity index is 0.000000637. The smallest absolute Gasteiger partial charge is 0.115 e. The van der Waals surface area contributed by atoms with E-state index < -0.39 is 0 Å². The zero-order valence-electron chi connectivity index (χ0n) is 11.3. The Morgan fingerprint density at radius 2 is 1.32 bits per heavy atom. The predicted octanol–water partition coefficient (Wildman–Crippen LogP) is 5.24. The third kappa shape index (κ3) is 2.76. The molecule has 3 aromatic rings. The lowest BCUT2D eigenvalue weighted by molar-refractivity contribution is 0.475. The van der Waals surface area contributed by atoms with Crippen LogP contribution in [0.4, 0.5) is 0 Å². The molecule has 19 heavy (non-hydrogen) atoms. The average molecular weight is 250 g/mol. The van der Waals surface area contributed by atoms with Crippen LogP contribution in [-0.2, 0) is 0 Å². The van der Waals surface area contributed by atoms with Crippen molar-refractivity contribution in [2.24, 2.45) is 0 Å². The van der Waals surface area contributed by atoms with Crippen molar-refractivity contribution in [2.75, 3.05) is 0 Å². The van der Waals surface area contributed by atoms with Gasteiger partial charge in [0.25, 0.3) is 0 Å². The Hall–Kier alpha value is -2.28. The number of rotatable bonds is 1. The number of hydrogen-bond acceptors (Lipinski definition) is 1. The molecular weight excluding hydrogens is 232 g/mol. The lowest BCUT2D eigenvalue weighted by Gasteiger charge is -2.06. The van der Waals surface area contributed by atoms with Gasteiger partial charge in [0.15, 0.2) is 0 Å². The minimum absolute atomic E-state index is 0.300. The van der Waals surface area contributed by atoms with Crippen molar-refractivity contribution in [3.63, 3.8) is 0 Å². The first kappa shape index (κ1) is 13.2. The maximum Gasteiger partial charge on any atom is 0.115 e. The third-order valence-corrected chi connectivity index (χ3v) is 2.97. The number of benzene rings is 3. The molecule has 1 nitrogen and oxygen atoms in total. The second-order valence-electron chi connectivity index (χ2n) is 4.07. The van der Waals surface area contributed by atoms with Crippen LogP contribution in [0.5, 0.6) is 5.75 Å². The zero-order chi connectivity index (χ0) is 13.7. The van der Waals surface area contributed by atoms with Crippen LogP contribution >= 0.6 is 0 Å². The van der Waals surface area contributed by atoms with Gasteiger partial charge in [-0.05, 0) is 34.0 Å². The van der Waals surface area contributed by atoms with E-state index in [4.69, 9.17) is 0 Å². The summed E-state index contributed by atoms with van der Waals surface area (Å²) in [6.45, 7) is 4.00. The largest absolute Gasteiger partial charge is 0.508 e. The fourth-order valence-electron chi connectivity index (χ4n) is 2.12. The highest BCUT2D eigenvalue weighted by molar-refractivity contribution is 5.96. The molecule has 0 unspecified atom stereocenters. The summed E-state index contributed by atoms with van der Waals surface area (Å²) in [4.78, 5) is 0. The molecule has 0 bridgehead atoms. The Morgan fingerprint density at radius 1 is 0.684 bits per heavy atom. The number of fused-ring (bicyclic) bond motifs is 1. The van der Waals surface area contributed by atoms with E-state index in [2.05, 4.69) is 30.3 Å². The molecule has 0 aliphatic heterocycles. The molecule has 0 fully saturated rings. The molecule has 3 rings (SSSR count). The molecule has 3 aromatic carbocycles. The summed E-state index contributed by atoms with van der Waals surface area (Å²) in [7, 11) is 0. The number of hydrogen-bond donors (Lipinski definition) is 1. The van der Waals surface area contributed by atoms with Gasteiger partial charge < -0.3 is 5.11 Å². The van der Waals surface area contributed by atoms with Crippen molar-refractivity contribution in [3.8, 4) is 16.9 Å². The number of aromatic hydroxyl groups is 1. The van der Waals surface area contributed by atoms with E-state index >= 15 is 0 Å². The molecule has 1 heteroatoms. The lowest BCUT2D eigenvalue weighted by atomic mass is 9.98. The SMILES string of the molecule is CC.Oc1ccc(-c2cccc3ccccc23)cc1. The van der Waals surface area contributed by atoms with Gasteiger partial charge in [0.1, 0.15) is 5.75 Å². The van der Waals surface area contributed by atoms with Gasteiger partial charge >= 0.3 is 0 Å². The number of phenols is 1. The van der Waals surface area contributed by atoms with E-state index in [1.54, 1.807) is 12.1 Å². The van der Waals surface area contributed by atoms with Crippen LogP contribution in [0.15, 0.2) is 66.7 Å². The van der Waals surface area contributed by atoms with Gasteiger partial charge in [0, 0.05) is 0 Å². The number of phenolic OH excluding ortho intramolecular Hbond substituents is 1. The van der Waals surface area contributed by atoms with Crippen LogP contribution in [0.25, 0.3) is 21.9 Å². The highest BCUT2D eigenvalue weighted by atomic mass is 16.3. The summed E-state index contributed by atoms with van der Waals surface area (Å²) < 4.78 is 0. The van der Waals surface area contributed by atoms with Crippen molar-refractivity contribution >= 4 is 10.8 Å². The molecule has 0 spiro atoms. The van der Waals surface area contributed by atoms with Crippen LogP contribution in [0.2, 0.25) is 0 Å². The fraction of sp³-hybridized carbons (Fsp3) is 0.111. The summed E-state index contributed by atoms with van der Waals surface area (Å²) in [6, 6.07) is 21.9. The second-order valence-corrected chi connectivity index (χ2v) is 4.07. The monoisotopic (exact) mass is 250 g/mol. The molecule has 96 valence electrons. The van der Waals surface area contributed by atoms with Gasteiger partial charge in [-0.2, -0.15) is 0 Å². The van der Waals surface area contributed by atoms with Gasteiger partial charge in [-0.3, -0.25) is 0 Å². The van der Waals surface area contributed by atoms with Gasteiger partial charge in [-0.25, -0.2) is 0 Å². The van der Waals surface area contributed by atoms with E-state index in [0.29, 0.717) is 5.75 Å². The molecule has 0 aromatic heterocycles. The molecule has 0 aliphatic rings. The van der Waals surface area contributed by atoms with Crippen molar-refractivity contribution in [1.82, 2.24) is 0 Å². The minimum Gasteiger partial charge on any atom is -0.508 e. The van der Waals surface area contributed by atoms with Crippen molar-refractivity contribution in [2.45, 2.75) is 13.8 Å². The van der Waals surface area contributed by atoms with Crippen molar-refractivity contribution < 1.29 is 5.11 Å². The van der Waals surface area contributed by atoms with Crippen molar-refractivity contribution in [3.05, 3.63) is 66.7 Å². The zero-order valence-corrected chi connectivity index (χ0v) is 11.3. The summed E-state index contributed by atoms with van der Waals surface area (Å²) >= 11 is 0. The summed E-state index contributed by atoms with van der Waals surface area (Å²) in [6.07, 6.45) is 0. The quantitative estimate of drug-likeness (QED) is 0.626. The van der Waals surface area contributed by atoms with Crippen LogP contribution in [0.3, 0.4) is 0 Å². The Morgan fingerprint density at radius 3 is 2.05 bits per heavy atom. The van der Waals surface area contributed by atoms with Gasteiger partial charge in [-0.15, -0.1) is 0 Å². The van der Waals surface area contributed by atoms with E-state index in [0.717, 1.165) is 5.56 Å². The first-order valence-corrected chi connectivity index (χ1v) is 6.62. The summed E-state index contributed by atoms with van der Waals surface area (Å²) in [5.41, 5.74) is 2.32. The molecule has 0 saturated carbocycles. The highest BCUT2D eigenvalue weighted by Gasteiger charge is 2.02.